The van der Waals surface area contributed by atoms with Crippen molar-refractivity contribution in [1.29, 1.82) is 0 Å². The summed E-state index contributed by atoms with van der Waals surface area (Å²) < 4.78 is 13.2. The van der Waals surface area contributed by atoms with Crippen LogP contribution in [0.3, 0.4) is 0 Å². The van der Waals surface area contributed by atoms with Crippen molar-refractivity contribution in [1.82, 2.24) is 0 Å². The van der Waals surface area contributed by atoms with E-state index in [1.165, 1.54) is 12.1 Å². The van der Waals surface area contributed by atoms with E-state index < -0.39 is 0 Å². The maximum atomic E-state index is 13.2. The molecule has 3 heteroatoms. The summed E-state index contributed by atoms with van der Waals surface area (Å²) in [6.07, 6.45) is 0. The van der Waals surface area contributed by atoms with Crippen molar-refractivity contribution in [2.75, 3.05) is 23.7 Å². The van der Waals surface area contributed by atoms with Gasteiger partial charge in [0.1, 0.15) is 5.82 Å². The van der Waals surface area contributed by atoms with Gasteiger partial charge < -0.3 is 10.6 Å². The average molecular weight is 210 g/mol. The van der Waals surface area contributed by atoms with E-state index in [9.17, 15) is 4.39 Å². The second-order valence-electron chi connectivity index (χ2n) is 4.18. The highest BCUT2D eigenvalue weighted by atomic mass is 19.1. The lowest BCUT2D eigenvalue weighted by molar-refractivity contribution is 0.609. The van der Waals surface area contributed by atoms with Crippen LogP contribution in [0.15, 0.2) is 18.2 Å². The first-order valence-electron chi connectivity index (χ1n) is 5.34. The van der Waals surface area contributed by atoms with E-state index in [0.29, 0.717) is 11.6 Å². The lowest BCUT2D eigenvalue weighted by Crippen LogP contribution is -2.27. The van der Waals surface area contributed by atoms with Crippen LogP contribution in [-0.4, -0.2) is 13.1 Å². The van der Waals surface area contributed by atoms with E-state index in [4.69, 9.17) is 5.73 Å². The fourth-order valence-corrected chi connectivity index (χ4v) is 1.64. The Morgan fingerprint density at radius 2 is 2.00 bits per heavy atom. The predicted molar refractivity (Wildman–Crippen MR) is 63.5 cm³/mol. The van der Waals surface area contributed by atoms with Crippen LogP contribution in [-0.2, 0) is 0 Å². The number of nitrogens with zero attached hydrogens (tertiary/aromatic N) is 1. The van der Waals surface area contributed by atoms with Crippen molar-refractivity contribution in [3.8, 4) is 0 Å². The molecular weight excluding hydrogens is 191 g/mol. The molecular formula is C12H19FN2. The summed E-state index contributed by atoms with van der Waals surface area (Å²) in [5, 5.41) is 0. The van der Waals surface area contributed by atoms with Crippen LogP contribution in [0, 0.1) is 11.7 Å². The molecule has 0 radical (unpaired) electrons. The predicted octanol–water partition coefficient (Wildman–Crippen LogP) is 2.89. The Kier molecular flexibility index (Phi) is 3.95. The molecule has 0 unspecified atom stereocenters. The number of anilines is 2. The maximum Gasteiger partial charge on any atom is 0.127 e. The molecule has 0 saturated heterocycles. The largest absolute Gasteiger partial charge is 0.399 e. The first-order valence-corrected chi connectivity index (χ1v) is 5.34. The van der Waals surface area contributed by atoms with Crippen molar-refractivity contribution >= 4 is 11.4 Å². The molecule has 84 valence electrons. The van der Waals surface area contributed by atoms with E-state index >= 15 is 0 Å². The normalized spacial score (nSPS) is 10.7. The van der Waals surface area contributed by atoms with Crippen molar-refractivity contribution in [2.45, 2.75) is 20.8 Å². The van der Waals surface area contributed by atoms with Crippen LogP contribution in [0.2, 0.25) is 0 Å². The molecule has 1 rings (SSSR count). The van der Waals surface area contributed by atoms with Gasteiger partial charge in [-0.2, -0.15) is 0 Å². The number of benzene rings is 1. The van der Waals surface area contributed by atoms with E-state index in [-0.39, 0.29) is 5.82 Å². The van der Waals surface area contributed by atoms with Gasteiger partial charge in [-0.25, -0.2) is 4.39 Å². The topological polar surface area (TPSA) is 29.3 Å². The lowest BCUT2D eigenvalue weighted by atomic mass is 10.2. The molecule has 15 heavy (non-hydrogen) atoms. The molecule has 0 aliphatic rings. The molecule has 0 atom stereocenters. The molecule has 0 fully saturated rings. The summed E-state index contributed by atoms with van der Waals surface area (Å²) in [6.45, 7) is 8.13. The van der Waals surface area contributed by atoms with Crippen molar-refractivity contribution in [2.24, 2.45) is 5.92 Å². The minimum Gasteiger partial charge on any atom is -0.399 e. The van der Waals surface area contributed by atoms with Crippen LogP contribution in [0.25, 0.3) is 0 Å². The molecule has 0 bridgehead atoms. The number of nitrogens with two attached hydrogens (primary N) is 1. The number of nitrogen functional groups attached to an aromatic ring is 1. The second-order valence-corrected chi connectivity index (χ2v) is 4.18. The van der Waals surface area contributed by atoms with E-state index in [0.717, 1.165) is 18.8 Å². The molecule has 0 aliphatic heterocycles. The fraction of sp³-hybridized carbons (Fsp3) is 0.500. The summed E-state index contributed by atoms with van der Waals surface area (Å²) in [5.74, 6) is 0.279. The second kappa shape index (κ2) is 5.01. The standard InChI is InChI=1S/C12H19FN2/c1-4-15(8-9(2)3)12-6-10(13)5-11(14)7-12/h5-7,9H,4,8,14H2,1-3H3. The maximum absolute atomic E-state index is 13.2. The van der Waals surface area contributed by atoms with Crippen LogP contribution in [0.4, 0.5) is 15.8 Å². The van der Waals surface area contributed by atoms with Gasteiger partial charge in [0.05, 0.1) is 0 Å². The number of hydrogen-bond donors (Lipinski definition) is 1. The molecule has 1 aromatic carbocycles. The average Bonchev–Trinajstić information content (AvgIpc) is 2.12. The van der Waals surface area contributed by atoms with Gasteiger partial charge in [-0.05, 0) is 31.0 Å². The van der Waals surface area contributed by atoms with Gasteiger partial charge in [-0.15, -0.1) is 0 Å². The number of hydrogen-bond acceptors (Lipinski definition) is 2. The fourth-order valence-electron chi connectivity index (χ4n) is 1.64. The van der Waals surface area contributed by atoms with Crippen LogP contribution in [0.5, 0.6) is 0 Å². The molecule has 0 amide bonds. The smallest absolute Gasteiger partial charge is 0.127 e. The van der Waals surface area contributed by atoms with E-state index in [2.05, 4.69) is 25.7 Å². The highest BCUT2D eigenvalue weighted by Crippen LogP contribution is 2.20. The quantitative estimate of drug-likeness (QED) is 0.774. The van der Waals surface area contributed by atoms with Crippen molar-refractivity contribution in [3.05, 3.63) is 24.0 Å². The molecule has 0 spiro atoms. The molecule has 0 heterocycles. The third-order valence-electron chi connectivity index (χ3n) is 2.24. The number of halogens is 1. The van der Waals surface area contributed by atoms with Crippen molar-refractivity contribution < 1.29 is 4.39 Å². The monoisotopic (exact) mass is 210 g/mol. The number of rotatable bonds is 4. The molecule has 0 saturated carbocycles. The van der Waals surface area contributed by atoms with Gasteiger partial charge in [0, 0.05) is 24.5 Å². The molecule has 0 aromatic heterocycles. The SMILES string of the molecule is CCN(CC(C)C)c1cc(N)cc(F)c1. The summed E-state index contributed by atoms with van der Waals surface area (Å²) in [6, 6.07) is 4.68. The zero-order valence-electron chi connectivity index (χ0n) is 9.63. The van der Waals surface area contributed by atoms with E-state index in [1.807, 2.05) is 6.07 Å². The van der Waals surface area contributed by atoms with Gasteiger partial charge in [-0.1, -0.05) is 13.8 Å². The first-order chi connectivity index (χ1) is 7.02. The summed E-state index contributed by atoms with van der Waals surface area (Å²) in [7, 11) is 0. The Hall–Kier alpha value is -1.25. The Morgan fingerprint density at radius 1 is 1.33 bits per heavy atom. The van der Waals surface area contributed by atoms with Gasteiger partial charge >= 0.3 is 0 Å². The minimum absolute atomic E-state index is 0.271. The Morgan fingerprint density at radius 3 is 2.47 bits per heavy atom. The van der Waals surface area contributed by atoms with Crippen LogP contribution >= 0.6 is 0 Å². The highest BCUT2D eigenvalue weighted by Gasteiger charge is 2.08. The summed E-state index contributed by atoms with van der Waals surface area (Å²) >= 11 is 0. The van der Waals surface area contributed by atoms with E-state index in [1.54, 1.807) is 0 Å². The summed E-state index contributed by atoms with van der Waals surface area (Å²) in [4.78, 5) is 2.13. The highest BCUT2D eigenvalue weighted by molar-refractivity contribution is 5.56. The zero-order chi connectivity index (χ0) is 11.4. The van der Waals surface area contributed by atoms with Gasteiger partial charge in [-0.3, -0.25) is 0 Å². The Balaban J connectivity index is 2.91. The van der Waals surface area contributed by atoms with Crippen LogP contribution in [0.1, 0.15) is 20.8 Å². The Bertz CT molecular complexity index is 303. The van der Waals surface area contributed by atoms with Crippen LogP contribution < -0.4 is 10.6 Å². The lowest BCUT2D eigenvalue weighted by Gasteiger charge is -2.25. The van der Waals surface area contributed by atoms with Crippen molar-refractivity contribution in [3.63, 3.8) is 0 Å². The van der Waals surface area contributed by atoms with Gasteiger partial charge in [0.15, 0.2) is 0 Å². The Labute approximate surface area is 90.9 Å². The van der Waals surface area contributed by atoms with Gasteiger partial charge in [0.2, 0.25) is 0 Å². The zero-order valence-corrected chi connectivity index (χ0v) is 9.63. The minimum atomic E-state index is -0.271. The van der Waals surface area contributed by atoms with Gasteiger partial charge in [0.25, 0.3) is 0 Å². The molecule has 0 aliphatic carbocycles. The third-order valence-corrected chi connectivity index (χ3v) is 2.24. The molecule has 1 aromatic rings. The summed E-state index contributed by atoms with van der Waals surface area (Å²) in [5.41, 5.74) is 6.96. The molecule has 2 nitrogen and oxygen atoms in total. The molecule has 2 N–H and O–H groups in total. The third kappa shape index (κ3) is 3.42. The first kappa shape index (κ1) is 11.8.